The van der Waals surface area contributed by atoms with E-state index >= 15 is 0 Å². The van der Waals surface area contributed by atoms with Gasteiger partial charge in [-0.1, -0.05) is 18.2 Å². The van der Waals surface area contributed by atoms with Gasteiger partial charge in [-0.2, -0.15) is 4.98 Å². The van der Waals surface area contributed by atoms with Crippen LogP contribution in [0.4, 0.5) is 11.5 Å². The molecule has 0 radical (unpaired) electrons. The molecule has 7 N–H and O–H groups in total. The Kier molecular flexibility index (Phi) is 9.82. The van der Waals surface area contributed by atoms with Crippen LogP contribution >= 0.6 is 12.6 Å². The van der Waals surface area contributed by atoms with Crippen molar-refractivity contribution in [3.63, 3.8) is 0 Å². The van der Waals surface area contributed by atoms with E-state index < -0.39 is 0 Å². The summed E-state index contributed by atoms with van der Waals surface area (Å²) in [5.74, 6) is 1.27. The summed E-state index contributed by atoms with van der Waals surface area (Å²) in [5.41, 5.74) is 6.96. The number of rotatable bonds is 7. The number of ether oxygens (including phenoxy) is 1. The minimum atomic E-state index is 0. The third-order valence-corrected chi connectivity index (χ3v) is 3.93. The molecular weight excluding hydrogens is 392 g/mol. The molecule has 10 heteroatoms. The molecule has 1 aromatic heterocycles. The summed E-state index contributed by atoms with van der Waals surface area (Å²) in [6, 6.07) is 17.1. The minimum Gasteiger partial charge on any atom is -0.424 e. The number of aromatic nitrogens is 2. The lowest BCUT2D eigenvalue weighted by molar-refractivity contribution is 0.442. The molecule has 0 unspecified atom stereocenters. The van der Waals surface area contributed by atoms with E-state index in [-0.39, 0.29) is 17.0 Å². The van der Waals surface area contributed by atoms with E-state index in [0.29, 0.717) is 18.1 Å². The van der Waals surface area contributed by atoms with Gasteiger partial charge in [0.2, 0.25) is 0 Å². The molecule has 0 amide bonds. The summed E-state index contributed by atoms with van der Waals surface area (Å²) in [5, 5.41) is 3.24. The number of hydrogen-bond acceptors (Lipinski definition) is 6. The van der Waals surface area contributed by atoms with Gasteiger partial charge in [-0.3, -0.25) is 0 Å². The molecule has 0 fully saturated rings. The first-order valence-electron chi connectivity index (χ1n) is 8.12. The van der Waals surface area contributed by atoms with Gasteiger partial charge < -0.3 is 26.7 Å². The molecule has 3 aromatic rings. The highest BCUT2D eigenvalue weighted by atomic mass is 32.1. The van der Waals surface area contributed by atoms with E-state index in [0.717, 1.165) is 16.1 Å². The molecule has 0 aliphatic heterocycles. The van der Waals surface area contributed by atoms with E-state index in [1.54, 1.807) is 36.5 Å². The van der Waals surface area contributed by atoms with Crippen molar-refractivity contribution in [3.05, 3.63) is 66.4 Å². The molecule has 9 nitrogen and oxygen atoms in total. The van der Waals surface area contributed by atoms with Gasteiger partial charge in [-0.15, -0.1) is 12.6 Å². The summed E-state index contributed by atoms with van der Waals surface area (Å²) >= 11 is 4.44. The fraction of sp³-hybridized carbons (Fsp3) is 0.0526. The van der Waals surface area contributed by atoms with Crippen LogP contribution in [0.3, 0.4) is 0 Å². The van der Waals surface area contributed by atoms with E-state index in [1.165, 1.54) is 12.7 Å². The monoisotopic (exact) mass is 414 g/mol. The number of anilines is 1. The lowest BCUT2D eigenvalue weighted by Crippen LogP contribution is -2.03. The normalized spacial score (nSPS) is 10.4. The second-order valence-corrected chi connectivity index (χ2v) is 5.83. The number of nitrogens with zero attached hydrogens (tertiary/aromatic N) is 4. The molecule has 0 bridgehead atoms. The molecular formula is C19H22N6O3S. The largest absolute Gasteiger partial charge is 0.424 e. The third-order valence-electron chi connectivity index (χ3n) is 3.49. The molecule has 0 spiro atoms. The number of benzene rings is 2. The Bertz CT molecular complexity index is 951. The van der Waals surface area contributed by atoms with E-state index in [1.807, 2.05) is 24.3 Å². The first-order valence-corrected chi connectivity index (χ1v) is 8.57. The van der Waals surface area contributed by atoms with Gasteiger partial charge in [0.15, 0.2) is 0 Å². The van der Waals surface area contributed by atoms with Crippen molar-refractivity contribution in [1.82, 2.24) is 9.97 Å². The van der Waals surface area contributed by atoms with Crippen molar-refractivity contribution in [2.24, 2.45) is 15.7 Å². The Morgan fingerprint density at radius 1 is 1.07 bits per heavy atom. The van der Waals surface area contributed by atoms with Crippen molar-refractivity contribution >= 4 is 36.8 Å². The van der Waals surface area contributed by atoms with Crippen LogP contribution in [0, 0.1) is 0 Å². The van der Waals surface area contributed by atoms with Crippen LogP contribution < -0.4 is 15.8 Å². The maximum atomic E-state index is 5.70. The van der Waals surface area contributed by atoms with Gasteiger partial charge >= 0.3 is 6.01 Å². The van der Waals surface area contributed by atoms with Gasteiger partial charge in [0.1, 0.15) is 17.9 Å². The zero-order chi connectivity index (χ0) is 18.9. The molecule has 0 aliphatic rings. The predicted molar refractivity (Wildman–Crippen MR) is 118 cm³/mol. The first kappa shape index (κ1) is 23.6. The van der Waals surface area contributed by atoms with Crippen LogP contribution in [0.15, 0.2) is 75.7 Å². The van der Waals surface area contributed by atoms with Gasteiger partial charge in [0.05, 0.1) is 12.0 Å². The average Bonchev–Trinajstić information content (AvgIpc) is 2.69. The van der Waals surface area contributed by atoms with Gasteiger partial charge in [-0.25, -0.2) is 15.0 Å². The molecule has 0 saturated carbocycles. The lowest BCUT2D eigenvalue weighted by atomic mass is 10.2. The molecule has 2 aromatic carbocycles. The fourth-order valence-corrected chi connectivity index (χ4v) is 2.42. The maximum absolute atomic E-state index is 5.70. The summed E-state index contributed by atoms with van der Waals surface area (Å²) in [4.78, 5) is 17.3. The Labute approximate surface area is 173 Å². The minimum absolute atomic E-state index is 0. The van der Waals surface area contributed by atoms with E-state index in [2.05, 4.69) is 37.9 Å². The molecule has 0 saturated heterocycles. The Balaban J connectivity index is 0.00000210. The highest BCUT2D eigenvalue weighted by Gasteiger charge is 2.04. The topological polar surface area (TPSA) is 161 Å². The quantitative estimate of drug-likeness (QED) is 0.306. The fourth-order valence-electron chi connectivity index (χ4n) is 2.18. The SMILES string of the molecule is NC=NC=Nc1ccc(Oc2nccc(NCc3ccccc3S)n2)cc1.O.O. The van der Waals surface area contributed by atoms with Crippen LogP contribution in [0.1, 0.15) is 5.56 Å². The molecule has 29 heavy (non-hydrogen) atoms. The number of aliphatic imine (C=N–C) groups is 2. The van der Waals surface area contributed by atoms with Crippen LogP contribution in [0.2, 0.25) is 0 Å². The number of hydrogen-bond donors (Lipinski definition) is 3. The van der Waals surface area contributed by atoms with Crippen molar-refractivity contribution in [2.75, 3.05) is 5.32 Å². The van der Waals surface area contributed by atoms with Crippen LogP contribution in [0.25, 0.3) is 0 Å². The lowest BCUT2D eigenvalue weighted by Gasteiger charge is -2.09. The Morgan fingerprint density at radius 3 is 2.55 bits per heavy atom. The summed E-state index contributed by atoms with van der Waals surface area (Å²) in [6.45, 7) is 0.605. The summed E-state index contributed by atoms with van der Waals surface area (Å²) < 4.78 is 5.70. The second-order valence-electron chi connectivity index (χ2n) is 5.35. The highest BCUT2D eigenvalue weighted by molar-refractivity contribution is 7.80. The van der Waals surface area contributed by atoms with Crippen molar-refractivity contribution in [3.8, 4) is 11.8 Å². The second kappa shape index (κ2) is 12.1. The molecule has 0 atom stereocenters. The predicted octanol–water partition coefficient (Wildman–Crippen LogP) is 2.17. The zero-order valence-electron chi connectivity index (χ0n) is 15.4. The molecule has 152 valence electrons. The maximum Gasteiger partial charge on any atom is 0.323 e. The average molecular weight is 414 g/mol. The number of thiol groups is 1. The standard InChI is InChI=1S/C19H18N6OS.2H2O/c20-12-21-13-24-15-5-7-16(8-6-15)26-19-22-10-9-18(25-19)23-11-14-3-1-2-4-17(14)27;;/h1-10,12-13,27H,11H2,(H2,20,21,24)(H,22,23,25);2*1H2. The third kappa shape index (κ3) is 7.22. The number of nitrogens with two attached hydrogens (primary N) is 1. The summed E-state index contributed by atoms with van der Waals surface area (Å²) in [6.07, 6.45) is 4.19. The highest BCUT2D eigenvalue weighted by Crippen LogP contribution is 2.22. The molecule has 3 rings (SSSR count). The molecule has 0 aliphatic carbocycles. The van der Waals surface area contributed by atoms with Crippen molar-refractivity contribution in [1.29, 1.82) is 0 Å². The van der Waals surface area contributed by atoms with Crippen LogP contribution in [-0.4, -0.2) is 33.6 Å². The summed E-state index contributed by atoms with van der Waals surface area (Å²) in [7, 11) is 0. The first-order chi connectivity index (χ1) is 13.2. The number of nitrogens with one attached hydrogen (secondary N) is 1. The molecule has 1 heterocycles. The Morgan fingerprint density at radius 2 is 1.83 bits per heavy atom. The van der Waals surface area contributed by atoms with Crippen LogP contribution in [-0.2, 0) is 6.54 Å². The van der Waals surface area contributed by atoms with Crippen molar-refractivity contribution < 1.29 is 15.7 Å². The van der Waals surface area contributed by atoms with E-state index in [4.69, 9.17) is 10.5 Å². The van der Waals surface area contributed by atoms with E-state index in [9.17, 15) is 0 Å². The van der Waals surface area contributed by atoms with Gasteiger partial charge in [0, 0.05) is 17.6 Å². The smallest absolute Gasteiger partial charge is 0.323 e. The van der Waals surface area contributed by atoms with Gasteiger partial charge in [-0.05, 0) is 42.0 Å². The van der Waals surface area contributed by atoms with Crippen LogP contribution in [0.5, 0.6) is 11.8 Å². The Hall–Kier alpha value is -3.47. The van der Waals surface area contributed by atoms with Gasteiger partial charge in [0.25, 0.3) is 0 Å². The van der Waals surface area contributed by atoms with Crippen molar-refractivity contribution in [2.45, 2.75) is 11.4 Å². The zero-order valence-corrected chi connectivity index (χ0v) is 16.3.